The zero-order valence-electron chi connectivity index (χ0n) is 21.7. The summed E-state index contributed by atoms with van der Waals surface area (Å²) in [5.74, 6) is -0.772. The number of nitrogens with zero attached hydrogens (tertiary/aromatic N) is 2. The van der Waals surface area contributed by atoms with Crippen molar-refractivity contribution in [2.24, 2.45) is 0 Å². The second kappa shape index (κ2) is 12.2. The number of sulfonamides is 1. The van der Waals surface area contributed by atoms with Crippen LogP contribution in [-0.4, -0.2) is 40.0 Å². The standard InChI is InChI=1S/C29H29IN2O6S/c1-4-15-31(20(2)33)29-26(38-18-22-11-7-5-8-12-22)16-25-27(28(29)30)23(19-37-21(3)34)17-32(25)39(35,36)24-13-9-6-10-14-24/h4-14,16,23H,1,15,17-19H2,2-3H3. The van der Waals surface area contributed by atoms with Crippen LogP contribution < -0.4 is 13.9 Å². The molecule has 3 aromatic rings. The van der Waals surface area contributed by atoms with Gasteiger partial charge in [-0.1, -0.05) is 54.6 Å². The summed E-state index contributed by atoms with van der Waals surface area (Å²) in [6.07, 6.45) is 1.62. The van der Waals surface area contributed by atoms with Crippen LogP contribution in [0.1, 0.15) is 30.9 Å². The van der Waals surface area contributed by atoms with Gasteiger partial charge in [-0.25, -0.2) is 8.42 Å². The summed E-state index contributed by atoms with van der Waals surface area (Å²) in [4.78, 5) is 26.1. The van der Waals surface area contributed by atoms with Gasteiger partial charge >= 0.3 is 5.97 Å². The van der Waals surface area contributed by atoms with Crippen molar-refractivity contribution in [1.29, 1.82) is 0 Å². The molecule has 0 saturated heterocycles. The summed E-state index contributed by atoms with van der Waals surface area (Å²) >= 11 is 2.13. The number of fused-ring (bicyclic) bond motifs is 1. The van der Waals surface area contributed by atoms with Gasteiger partial charge in [0.25, 0.3) is 10.0 Å². The third kappa shape index (κ3) is 6.11. The fourth-order valence-electron chi connectivity index (χ4n) is 4.51. The van der Waals surface area contributed by atoms with E-state index in [2.05, 4.69) is 29.2 Å². The molecule has 0 bridgehead atoms. The molecule has 1 amide bonds. The van der Waals surface area contributed by atoms with Gasteiger partial charge in [0.2, 0.25) is 5.91 Å². The fraction of sp³-hybridized carbons (Fsp3) is 0.241. The first-order valence-electron chi connectivity index (χ1n) is 12.3. The number of hydrogen-bond donors (Lipinski definition) is 0. The molecule has 1 atom stereocenters. The average Bonchev–Trinajstić information content (AvgIpc) is 3.30. The molecule has 0 aliphatic carbocycles. The summed E-state index contributed by atoms with van der Waals surface area (Å²) in [6.45, 7) is 7.06. The first kappa shape index (κ1) is 28.6. The Morgan fingerprint density at radius 1 is 1.10 bits per heavy atom. The number of ether oxygens (including phenoxy) is 2. The number of carbonyl (C=O) groups is 2. The number of halogens is 1. The van der Waals surface area contributed by atoms with Crippen molar-refractivity contribution < 1.29 is 27.5 Å². The van der Waals surface area contributed by atoms with Gasteiger partial charge in [0.15, 0.2) is 0 Å². The average molecular weight is 661 g/mol. The molecule has 39 heavy (non-hydrogen) atoms. The Hall–Kier alpha value is -3.38. The molecule has 1 aliphatic heterocycles. The molecule has 1 aliphatic rings. The number of esters is 1. The minimum absolute atomic E-state index is 0.00959. The lowest BCUT2D eigenvalue weighted by atomic mass is 10.0. The molecule has 0 fully saturated rings. The van der Waals surface area contributed by atoms with Crippen LogP contribution in [0.4, 0.5) is 11.4 Å². The van der Waals surface area contributed by atoms with E-state index in [-0.39, 0.29) is 37.1 Å². The predicted molar refractivity (Wildman–Crippen MR) is 159 cm³/mol. The molecule has 0 radical (unpaired) electrons. The maximum atomic E-state index is 13.8. The van der Waals surface area contributed by atoms with Crippen molar-refractivity contribution in [2.75, 3.05) is 28.9 Å². The minimum Gasteiger partial charge on any atom is -0.487 e. The van der Waals surface area contributed by atoms with Gasteiger partial charge in [-0.15, -0.1) is 6.58 Å². The molecule has 1 heterocycles. The second-order valence-electron chi connectivity index (χ2n) is 9.01. The summed E-state index contributed by atoms with van der Waals surface area (Å²) in [5.41, 5.74) is 2.53. The highest BCUT2D eigenvalue weighted by Gasteiger charge is 2.41. The number of hydrogen-bond acceptors (Lipinski definition) is 6. The molecule has 4 rings (SSSR count). The Balaban J connectivity index is 1.91. The Bertz CT molecular complexity index is 1480. The van der Waals surface area contributed by atoms with E-state index >= 15 is 0 Å². The number of anilines is 2. The molecule has 1 unspecified atom stereocenters. The quantitative estimate of drug-likeness (QED) is 0.167. The van der Waals surface area contributed by atoms with Gasteiger partial charge in [-0.2, -0.15) is 0 Å². The molecule has 0 spiro atoms. The van der Waals surface area contributed by atoms with Crippen LogP contribution in [0.25, 0.3) is 0 Å². The Morgan fingerprint density at radius 2 is 1.74 bits per heavy atom. The van der Waals surface area contributed by atoms with E-state index in [1.165, 1.54) is 18.2 Å². The molecule has 3 aromatic carbocycles. The zero-order valence-corrected chi connectivity index (χ0v) is 24.6. The summed E-state index contributed by atoms with van der Waals surface area (Å²) in [5, 5.41) is 0. The molecular weight excluding hydrogens is 631 g/mol. The van der Waals surface area contributed by atoms with Crippen molar-refractivity contribution in [1.82, 2.24) is 0 Å². The van der Waals surface area contributed by atoms with Gasteiger partial charge in [0.1, 0.15) is 18.0 Å². The molecule has 0 saturated carbocycles. The number of rotatable bonds is 10. The van der Waals surface area contributed by atoms with Crippen molar-refractivity contribution in [2.45, 2.75) is 31.3 Å². The van der Waals surface area contributed by atoms with Crippen LogP contribution in [0.5, 0.6) is 5.75 Å². The van der Waals surface area contributed by atoms with E-state index in [0.29, 0.717) is 26.3 Å². The fourth-order valence-corrected chi connectivity index (χ4v) is 7.32. The first-order valence-corrected chi connectivity index (χ1v) is 14.8. The highest BCUT2D eigenvalue weighted by molar-refractivity contribution is 14.1. The van der Waals surface area contributed by atoms with Crippen molar-refractivity contribution in [3.05, 3.63) is 94.1 Å². The predicted octanol–water partition coefficient (Wildman–Crippen LogP) is 5.26. The van der Waals surface area contributed by atoms with Crippen LogP contribution in [0.15, 0.2) is 84.3 Å². The maximum absolute atomic E-state index is 13.8. The lowest BCUT2D eigenvalue weighted by Gasteiger charge is -2.27. The van der Waals surface area contributed by atoms with Crippen LogP contribution in [-0.2, 0) is 31.0 Å². The Labute approximate surface area is 242 Å². The first-order chi connectivity index (χ1) is 18.6. The molecule has 204 valence electrons. The Kier molecular flexibility index (Phi) is 8.96. The van der Waals surface area contributed by atoms with E-state index < -0.39 is 21.9 Å². The smallest absolute Gasteiger partial charge is 0.302 e. The van der Waals surface area contributed by atoms with Crippen molar-refractivity contribution in [3.8, 4) is 5.75 Å². The maximum Gasteiger partial charge on any atom is 0.302 e. The third-order valence-electron chi connectivity index (χ3n) is 6.30. The van der Waals surface area contributed by atoms with Gasteiger partial charge < -0.3 is 14.4 Å². The van der Waals surface area contributed by atoms with Crippen LogP contribution in [0, 0.1) is 3.57 Å². The summed E-state index contributed by atoms with van der Waals surface area (Å²) < 4.78 is 41.2. The monoisotopic (exact) mass is 660 g/mol. The normalized spacial score (nSPS) is 14.4. The number of amides is 1. The summed E-state index contributed by atoms with van der Waals surface area (Å²) in [6, 6.07) is 19.4. The Morgan fingerprint density at radius 3 is 2.33 bits per heavy atom. The molecule has 0 aromatic heterocycles. The topological polar surface area (TPSA) is 93.2 Å². The van der Waals surface area contributed by atoms with E-state index in [0.717, 1.165) is 5.56 Å². The van der Waals surface area contributed by atoms with Crippen LogP contribution in [0.2, 0.25) is 0 Å². The molecule has 10 heteroatoms. The molecule has 8 nitrogen and oxygen atoms in total. The molecular formula is C29H29IN2O6S. The van der Waals surface area contributed by atoms with Gasteiger partial charge in [0.05, 0.1) is 17.2 Å². The van der Waals surface area contributed by atoms with E-state index in [4.69, 9.17) is 9.47 Å². The van der Waals surface area contributed by atoms with E-state index in [1.54, 1.807) is 47.4 Å². The lowest BCUT2D eigenvalue weighted by Crippen LogP contribution is -2.31. The lowest BCUT2D eigenvalue weighted by molar-refractivity contribution is -0.141. The van der Waals surface area contributed by atoms with E-state index in [1.807, 2.05) is 30.3 Å². The van der Waals surface area contributed by atoms with Crippen LogP contribution in [0.3, 0.4) is 0 Å². The van der Waals surface area contributed by atoms with Gasteiger partial charge in [-0.05, 0) is 40.3 Å². The third-order valence-corrected chi connectivity index (χ3v) is 9.19. The van der Waals surface area contributed by atoms with E-state index in [9.17, 15) is 18.0 Å². The largest absolute Gasteiger partial charge is 0.487 e. The van der Waals surface area contributed by atoms with Gasteiger partial charge in [0, 0.05) is 48.1 Å². The SMILES string of the molecule is C=CCN(C(C)=O)c1c(OCc2ccccc2)cc2c(c1I)C(COC(C)=O)CN2S(=O)(=O)c1ccccc1. The van der Waals surface area contributed by atoms with Gasteiger partial charge in [-0.3, -0.25) is 13.9 Å². The van der Waals surface area contributed by atoms with Crippen molar-refractivity contribution in [3.63, 3.8) is 0 Å². The zero-order chi connectivity index (χ0) is 28.2. The second-order valence-corrected chi connectivity index (χ2v) is 12.0. The highest BCUT2D eigenvalue weighted by Crippen LogP contribution is 2.49. The number of benzene rings is 3. The van der Waals surface area contributed by atoms with Crippen molar-refractivity contribution >= 4 is 55.9 Å². The van der Waals surface area contributed by atoms with Crippen LogP contribution >= 0.6 is 22.6 Å². The highest BCUT2D eigenvalue weighted by atomic mass is 127. The number of carbonyl (C=O) groups excluding carboxylic acids is 2. The molecule has 0 N–H and O–H groups in total. The summed E-state index contributed by atoms with van der Waals surface area (Å²) in [7, 11) is -3.95. The minimum atomic E-state index is -3.95.